The second kappa shape index (κ2) is 5.98. The first-order chi connectivity index (χ1) is 12.0. The van der Waals surface area contributed by atoms with Crippen molar-refractivity contribution in [1.82, 2.24) is 9.38 Å². The molecule has 2 aromatic carbocycles. The van der Waals surface area contributed by atoms with Crippen molar-refractivity contribution in [3.05, 3.63) is 70.4 Å². The fraction of sp³-hybridized carbons (Fsp3) is 0. The zero-order valence-electron chi connectivity index (χ0n) is 12.6. The van der Waals surface area contributed by atoms with Gasteiger partial charge in [-0.15, -0.1) is 11.3 Å². The Morgan fingerprint density at radius 3 is 2.64 bits per heavy atom. The molecular weight excluding hydrogens is 363 g/mol. The first-order valence-corrected chi connectivity index (χ1v) is 8.55. The lowest BCUT2D eigenvalue weighted by molar-refractivity contribution is 0.0697. The van der Waals surface area contributed by atoms with Gasteiger partial charge in [-0.3, -0.25) is 4.40 Å². The van der Waals surface area contributed by atoms with Crippen molar-refractivity contribution in [2.45, 2.75) is 0 Å². The van der Waals surface area contributed by atoms with Crippen LogP contribution in [-0.2, 0) is 0 Å². The molecule has 0 bridgehead atoms. The van der Waals surface area contributed by atoms with Gasteiger partial charge in [-0.1, -0.05) is 23.7 Å². The molecule has 4 aromatic rings. The van der Waals surface area contributed by atoms with Crippen molar-refractivity contribution < 1.29 is 14.3 Å². The topological polar surface area (TPSA) is 54.6 Å². The molecule has 7 heteroatoms. The summed E-state index contributed by atoms with van der Waals surface area (Å²) in [4.78, 5) is 16.4. The third-order valence-electron chi connectivity index (χ3n) is 3.83. The molecular formula is C18H10ClFN2O2S. The maximum atomic E-state index is 14.3. The van der Waals surface area contributed by atoms with Gasteiger partial charge in [0.15, 0.2) is 0 Å². The summed E-state index contributed by atoms with van der Waals surface area (Å²) in [5.41, 5.74) is 1.85. The second-order valence-electron chi connectivity index (χ2n) is 5.37. The SMILES string of the molecule is O=C(O)c1ccc(-c2nc(-c3ccc(Cl)cc3F)c3sccn23)cc1. The normalized spacial score (nSPS) is 11.1. The molecule has 0 atom stereocenters. The second-order valence-corrected chi connectivity index (χ2v) is 6.70. The molecule has 0 saturated heterocycles. The molecule has 0 aliphatic carbocycles. The fourth-order valence-corrected chi connectivity index (χ4v) is 3.65. The summed E-state index contributed by atoms with van der Waals surface area (Å²) in [5.74, 6) is -0.800. The first-order valence-electron chi connectivity index (χ1n) is 7.29. The molecule has 0 aliphatic heterocycles. The molecule has 0 radical (unpaired) electrons. The Labute approximate surface area is 150 Å². The van der Waals surface area contributed by atoms with E-state index in [1.54, 1.807) is 24.3 Å². The van der Waals surface area contributed by atoms with E-state index in [9.17, 15) is 9.18 Å². The van der Waals surface area contributed by atoms with Crippen LogP contribution in [0.4, 0.5) is 4.39 Å². The van der Waals surface area contributed by atoms with Crippen LogP contribution in [0.5, 0.6) is 0 Å². The zero-order valence-corrected chi connectivity index (χ0v) is 14.2. The lowest BCUT2D eigenvalue weighted by atomic mass is 10.1. The highest BCUT2D eigenvalue weighted by molar-refractivity contribution is 7.16. The molecule has 1 N–H and O–H groups in total. The number of imidazole rings is 1. The van der Waals surface area contributed by atoms with E-state index >= 15 is 0 Å². The molecule has 0 fully saturated rings. The van der Waals surface area contributed by atoms with Crippen LogP contribution in [0.25, 0.3) is 27.5 Å². The number of benzene rings is 2. The van der Waals surface area contributed by atoms with Crippen molar-refractivity contribution in [2.24, 2.45) is 0 Å². The van der Waals surface area contributed by atoms with Crippen LogP contribution in [0.3, 0.4) is 0 Å². The minimum atomic E-state index is -0.987. The third kappa shape index (κ3) is 2.69. The number of fused-ring (bicyclic) bond motifs is 1. The number of nitrogens with zero attached hydrogens (tertiary/aromatic N) is 2. The standard InChI is InChI=1S/C18H10ClFN2O2S/c19-12-5-6-13(14(20)9-12)15-17-22(7-8-25-17)16(21-15)10-1-3-11(4-2-10)18(23)24/h1-9H,(H,23,24). The van der Waals surface area contributed by atoms with Crippen LogP contribution in [-0.4, -0.2) is 20.5 Å². The lowest BCUT2D eigenvalue weighted by Crippen LogP contribution is -1.95. The molecule has 0 unspecified atom stereocenters. The van der Waals surface area contributed by atoms with E-state index < -0.39 is 11.8 Å². The van der Waals surface area contributed by atoms with Gasteiger partial charge in [0.2, 0.25) is 0 Å². The minimum Gasteiger partial charge on any atom is -0.478 e. The quantitative estimate of drug-likeness (QED) is 0.536. The summed E-state index contributed by atoms with van der Waals surface area (Å²) in [6.07, 6.45) is 1.85. The lowest BCUT2D eigenvalue weighted by Gasteiger charge is -2.00. The van der Waals surface area contributed by atoms with Gasteiger partial charge >= 0.3 is 5.97 Å². The number of carboxylic acids is 1. The Bertz CT molecular complexity index is 1100. The molecule has 25 heavy (non-hydrogen) atoms. The first kappa shape index (κ1) is 15.8. The number of carboxylic acid groups (broad SMARTS) is 1. The van der Waals surface area contributed by atoms with Crippen LogP contribution >= 0.6 is 22.9 Å². The van der Waals surface area contributed by atoms with Gasteiger partial charge in [0.1, 0.15) is 22.2 Å². The van der Waals surface area contributed by atoms with E-state index in [0.29, 0.717) is 22.1 Å². The molecule has 0 saturated carbocycles. The maximum absolute atomic E-state index is 14.3. The highest BCUT2D eigenvalue weighted by atomic mass is 35.5. The minimum absolute atomic E-state index is 0.200. The molecule has 0 spiro atoms. The van der Waals surface area contributed by atoms with Crippen LogP contribution in [0.1, 0.15) is 10.4 Å². The number of hydrogen-bond donors (Lipinski definition) is 1. The predicted octanol–water partition coefficient (Wildman–Crippen LogP) is 5.22. The van der Waals surface area contributed by atoms with Crippen LogP contribution in [0.15, 0.2) is 54.0 Å². The number of thiazole rings is 1. The molecule has 2 aromatic heterocycles. The van der Waals surface area contributed by atoms with Gasteiger partial charge < -0.3 is 5.11 Å². The smallest absolute Gasteiger partial charge is 0.335 e. The highest BCUT2D eigenvalue weighted by Crippen LogP contribution is 2.34. The molecule has 2 heterocycles. The number of aromatic carboxylic acids is 1. The molecule has 124 valence electrons. The van der Waals surface area contributed by atoms with Crippen LogP contribution in [0, 0.1) is 5.82 Å². The van der Waals surface area contributed by atoms with Crippen molar-refractivity contribution in [1.29, 1.82) is 0 Å². The van der Waals surface area contributed by atoms with E-state index in [2.05, 4.69) is 4.98 Å². The van der Waals surface area contributed by atoms with Crippen molar-refractivity contribution in [2.75, 3.05) is 0 Å². The highest BCUT2D eigenvalue weighted by Gasteiger charge is 2.18. The van der Waals surface area contributed by atoms with Crippen LogP contribution in [0.2, 0.25) is 5.02 Å². The number of hydrogen-bond acceptors (Lipinski definition) is 3. The summed E-state index contributed by atoms with van der Waals surface area (Å²) in [5, 5.41) is 11.2. The summed E-state index contributed by atoms with van der Waals surface area (Å²) < 4.78 is 16.2. The monoisotopic (exact) mass is 372 g/mol. The third-order valence-corrected chi connectivity index (χ3v) is 4.94. The van der Waals surface area contributed by atoms with Crippen LogP contribution < -0.4 is 0 Å². The Balaban J connectivity index is 1.89. The number of carbonyl (C=O) groups is 1. The molecule has 4 nitrogen and oxygen atoms in total. The number of halogens is 2. The van der Waals surface area contributed by atoms with Gasteiger partial charge in [-0.2, -0.15) is 0 Å². The summed E-state index contributed by atoms with van der Waals surface area (Å²) >= 11 is 7.28. The van der Waals surface area contributed by atoms with Gasteiger partial charge in [0.05, 0.1) is 5.56 Å². The Kier molecular flexibility index (Phi) is 3.78. The fourth-order valence-electron chi connectivity index (χ4n) is 2.65. The van der Waals surface area contributed by atoms with Crippen molar-refractivity contribution in [3.63, 3.8) is 0 Å². The van der Waals surface area contributed by atoms with E-state index in [1.165, 1.54) is 29.5 Å². The largest absolute Gasteiger partial charge is 0.478 e. The Morgan fingerprint density at radius 2 is 1.96 bits per heavy atom. The van der Waals surface area contributed by atoms with E-state index in [1.807, 2.05) is 16.0 Å². The summed E-state index contributed by atoms with van der Waals surface area (Å²) in [6, 6.07) is 10.9. The summed E-state index contributed by atoms with van der Waals surface area (Å²) in [6.45, 7) is 0. The van der Waals surface area contributed by atoms with Gasteiger partial charge in [-0.05, 0) is 30.3 Å². The Morgan fingerprint density at radius 1 is 1.20 bits per heavy atom. The van der Waals surface area contributed by atoms with E-state index in [-0.39, 0.29) is 5.56 Å². The molecule has 4 rings (SSSR count). The number of aromatic nitrogens is 2. The van der Waals surface area contributed by atoms with Crippen molar-refractivity contribution >= 4 is 33.7 Å². The zero-order chi connectivity index (χ0) is 17.6. The average Bonchev–Trinajstić information content (AvgIpc) is 3.18. The average molecular weight is 373 g/mol. The van der Waals surface area contributed by atoms with Gasteiger partial charge in [-0.25, -0.2) is 14.2 Å². The molecule has 0 aliphatic rings. The van der Waals surface area contributed by atoms with E-state index in [0.717, 1.165) is 10.4 Å². The van der Waals surface area contributed by atoms with Gasteiger partial charge in [0, 0.05) is 27.7 Å². The van der Waals surface area contributed by atoms with Gasteiger partial charge in [0.25, 0.3) is 0 Å². The number of rotatable bonds is 3. The summed E-state index contributed by atoms with van der Waals surface area (Å²) in [7, 11) is 0. The maximum Gasteiger partial charge on any atom is 0.335 e. The molecule has 0 amide bonds. The van der Waals surface area contributed by atoms with E-state index in [4.69, 9.17) is 16.7 Å². The van der Waals surface area contributed by atoms with Crippen molar-refractivity contribution in [3.8, 4) is 22.6 Å². The predicted molar refractivity (Wildman–Crippen MR) is 95.9 cm³/mol. The Hall–Kier alpha value is -2.70.